The number of amides is 1. The number of carbonyl (C=O) groups is 1. The molecule has 1 fully saturated rings. The quantitative estimate of drug-likeness (QED) is 0.154. The number of rotatable bonds is 10. The molecule has 51 heavy (non-hydrogen) atoms. The molecule has 1 saturated carbocycles. The number of thiazole rings is 1. The van der Waals surface area contributed by atoms with Gasteiger partial charge in [0.1, 0.15) is 23.9 Å². The molecule has 2 aromatic carbocycles. The van der Waals surface area contributed by atoms with Crippen LogP contribution in [0.2, 0.25) is 5.02 Å². The fourth-order valence-corrected chi connectivity index (χ4v) is 8.60. The zero-order chi connectivity index (χ0) is 35.9. The topological polar surface area (TPSA) is 137 Å². The Morgan fingerprint density at radius 2 is 1.86 bits per heavy atom. The maximum atomic E-state index is 14.5. The molecule has 4 heterocycles. The molecule has 2 N–H and O–H groups in total. The molecule has 0 spiro atoms. The van der Waals surface area contributed by atoms with Gasteiger partial charge in [-0.3, -0.25) is 18.9 Å². The van der Waals surface area contributed by atoms with Crippen LogP contribution in [0.4, 0.5) is 23.4 Å². The molecule has 11 nitrogen and oxygen atoms in total. The summed E-state index contributed by atoms with van der Waals surface area (Å²) in [7, 11) is -2.13. The molecular weight excluding hydrogens is 732 g/mol. The standard InChI is InChI=1S/C33H27ClF4N8O3S2/c1-45-30-18(3-4-21(34)27(30)33(43-45)44-51(2,48)49)20-11-24-32(39-13-50-24)41-28(20)22(7-14-5-16(35)10-17(36)6-14)40-25(47)12-46-23-9-15-8-19(15)26(23)29(42-46)31(37)38/h3-6,10-11,13,15,19,22,31H,7-9,12H2,1-2H3,(H,40,47)(H,43,44)/t15-,19-,22?/m0/s1. The van der Waals surface area contributed by atoms with Crippen LogP contribution in [0.15, 0.2) is 41.9 Å². The number of hydrogen-bond donors (Lipinski definition) is 2. The molecular formula is C33H27ClF4N8O3S2. The van der Waals surface area contributed by atoms with Crippen LogP contribution in [-0.2, 0) is 41.3 Å². The lowest BCUT2D eigenvalue weighted by atomic mass is 9.94. The average Bonchev–Trinajstić information content (AvgIpc) is 3.35. The van der Waals surface area contributed by atoms with Crippen LogP contribution in [0.3, 0.4) is 0 Å². The van der Waals surface area contributed by atoms with Crippen molar-refractivity contribution in [3.63, 3.8) is 0 Å². The first kappa shape index (κ1) is 33.5. The summed E-state index contributed by atoms with van der Waals surface area (Å²) < 4.78 is 87.1. The van der Waals surface area contributed by atoms with Gasteiger partial charge in [0.15, 0.2) is 11.5 Å². The van der Waals surface area contributed by atoms with Gasteiger partial charge in [0, 0.05) is 35.5 Å². The minimum absolute atomic E-state index is 0.00266. The molecule has 2 aliphatic rings. The summed E-state index contributed by atoms with van der Waals surface area (Å²) in [6.07, 6.45) is -0.542. The van der Waals surface area contributed by atoms with E-state index in [1.165, 1.54) is 20.7 Å². The van der Waals surface area contributed by atoms with Gasteiger partial charge in [0.25, 0.3) is 6.43 Å². The Labute approximate surface area is 296 Å². The summed E-state index contributed by atoms with van der Waals surface area (Å²) >= 11 is 7.92. The van der Waals surface area contributed by atoms with Crippen molar-refractivity contribution in [3.8, 4) is 11.1 Å². The van der Waals surface area contributed by atoms with Crippen LogP contribution in [-0.4, -0.2) is 50.1 Å². The van der Waals surface area contributed by atoms with Crippen LogP contribution in [0.25, 0.3) is 32.4 Å². The number of carbonyl (C=O) groups excluding carboxylic acids is 1. The van der Waals surface area contributed by atoms with Gasteiger partial charge in [-0.1, -0.05) is 17.7 Å². The maximum absolute atomic E-state index is 14.5. The normalized spacial score (nSPS) is 17.3. The number of anilines is 1. The first-order chi connectivity index (χ1) is 24.2. The summed E-state index contributed by atoms with van der Waals surface area (Å²) in [6, 6.07) is 7.09. The maximum Gasteiger partial charge on any atom is 0.282 e. The molecule has 0 saturated heterocycles. The van der Waals surface area contributed by atoms with Crippen molar-refractivity contribution in [2.75, 3.05) is 11.0 Å². The van der Waals surface area contributed by atoms with Crippen LogP contribution in [0, 0.1) is 17.6 Å². The van der Waals surface area contributed by atoms with E-state index in [9.17, 15) is 30.8 Å². The van der Waals surface area contributed by atoms with Crippen LogP contribution < -0.4 is 10.0 Å². The highest BCUT2D eigenvalue weighted by Crippen LogP contribution is 2.58. The third-order valence-electron chi connectivity index (χ3n) is 9.27. The van der Waals surface area contributed by atoms with Crippen LogP contribution >= 0.6 is 22.9 Å². The van der Waals surface area contributed by atoms with E-state index in [4.69, 9.17) is 16.6 Å². The molecule has 0 bridgehead atoms. The third-order valence-corrected chi connectivity index (χ3v) is 10.9. The molecule has 0 radical (unpaired) electrons. The number of nitrogens with one attached hydrogen (secondary N) is 2. The van der Waals surface area contributed by atoms with Crippen molar-refractivity contribution in [2.24, 2.45) is 13.0 Å². The van der Waals surface area contributed by atoms with E-state index in [0.717, 1.165) is 30.9 Å². The largest absolute Gasteiger partial charge is 0.346 e. The Morgan fingerprint density at radius 3 is 2.59 bits per heavy atom. The SMILES string of the molecule is Cn1nc(NS(C)(=O)=O)c2c(Cl)ccc(-c3cc4scnc4nc3C(Cc3cc(F)cc(F)c3)NC(=O)Cn3nc(C(F)F)c4c3C[C@@H]3C[C@H]43)c21. The molecule has 3 atom stereocenters. The number of nitrogens with zero attached hydrogens (tertiary/aromatic N) is 6. The van der Waals surface area contributed by atoms with E-state index in [0.29, 0.717) is 50.1 Å². The number of alkyl halides is 2. The third kappa shape index (κ3) is 6.20. The summed E-state index contributed by atoms with van der Waals surface area (Å²) in [5.41, 5.74) is 4.70. The van der Waals surface area contributed by atoms with Gasteiger partial charge >= 0.3 is 0 Å². The number of fused-ring (bicyclic) bond motifs is 5. The van der Waals surface area contributed by atoms with Gasteiger partial charge in [0.2, 0.25) is 15.9 Å². The molecule has 8 rings (SSSR count). The Balaban J connectivity index is 1.26. The highest BCUT2D eigenvalue weighted by Gasteiger charge is 2.50. The van der Waals surface area contributed by atoms with Crippen molar-refractivity contribution < 1.29 is 30.8 Å². The van der Waals surface area contributed by atoms with E-state index in [2.05, 4.69) is 25.2 Å². The van der Waals surface area contributed by atoms with Crippen molar-refractivity contribution in [1.82, 2.24) is 34.8 Å². The summed E-state index contributed by atoms with van der Waals surface area (Å²) in [4.78, 5) is 23.1. The smallest absolute Gasteiger partial charge is 0.282 e. The van der Waals surface area contributed by atoms with Crippen LogP contribution in [0.5, 0.6) is 0 Å². The fourth-order valence-electron chi connectivity index (χ4n) is 7.21. The number of sulfonamides is 1. The lowest BCUT2D eigenvalue weighted by Gasteiger charge is -2.22. The van der Waals surface area contributed by atoms with E-state index < -0.39 is 40.0 Å². The van der Waals surface area contributed by atoms with Gasteiger partial charge in [-0.15, -0.1) is 11.3 Å². The Morgan fingerprint density at radius 1 is 1.10 bits per heavy atom. The zero-order valence-corrected chi connectivity index (χ0v) is 29.2. The lowest BCUT2D eigenvalue weighted by molar-refractivity contribution is -0.122. The van der Waals surface area contributed by atoms with E-state index in [1.807, 2.05) is 6.07 Å². The highest BCUT2D eigenvalue weighted by atomic mass is 35.5. The van der Waals surface area contributed by atoms with Crippen LogP contribution in [0.1, 0.15) is 53.0 Å². The number of halogens is 5. The van der Waals surface area contributed by atoms with Gasteiger partial charge < -0.3 is 5.32 Å². The van der Waals surface area contributed by atoms with Crippen molar-refractivity contribution in [3.05, 3.63) is 86.8 Å². The second kappa shape index (κ2) is 12.3. The van der Waals surface area contributed by atoms with Crippen molar-refractivity contribution >= 4 is 65.9 Å². The zero-order valence-electron chi connectivity index (χ0n) is 26.8. The van der Waals surface area contributed by atoms with E-state index in [1.54, 1.807) is 24.7 Å². The molecule has 4 aromatic heterocycles. The summed E-state index contributed by atoms with van der Waals surface area (Å²) in [6.45, 7) is -0.371. The summed E-state index contributed by atoms with van der Waals surface area (Å²) in [5, 5.41) is 12.0. The number of aryl methyl sites for hydroxylation is 1. The van der Waals surface area contributed by atoms with Gasteiger partial charge in [-0.2, -0.15) is 10.2 Å². The molecule has 1 amide bonds. The van der Waals surface area contributed by atoms with Gasteiger partial charge in [-0.25, -0.2) is 35.9 Å². The van der Waals surface area contributed by atoms with E-state index in [-0.39, 0.29) is 52.6 Å². The Hall–Kier alpha value is -4.61. The van der Waals surface area contributed by atoms with Crippen molar-refractivity contribution in [2.45, 2.75) is 44.2 Å². The van der Waals surface area contributed by atoms with E-state index >= 15 is 0 Å². The molecule has 264 valence electrons. The molecule has 18 heteroatoms. The highest BCUT2D eigenvalue weighted by molar-refractivity contribution is 7.92. The molecule has 0 aliphatic heterocycles. The van der Waals surface area contributed by atoms with Gasteiger partial charge in [-0.05, 0) is 60.9 Å². The lowest BCUT2D eigenvalue weighted by Crippen LogP contribution is -2.34. The minimum Gasteiger partial charge on any atom is -0.346 e. The predicted octanol–water partition coefficient (Wildman–Crippen LogP) is 6.44. The fraction of sp³-hybridized carbons (Fsp3) is 0.303. The Bertz CT molecular complexity index is 2500. The molecule has 2 aliphatic carbocycles. The second-order valence-corrected chi connectivity index (χ2v) is 15.9. The monoisotopic (exact) mass is 758 g/mol. The van der Waals surface area contributed by atoms with Crippen molar-refractivity contribution in [1.29, 1.82) is 0 Å². The minimum atomic E-state index is -3.74. The first-order valence-corrected chi connectivity index (χ1v) is 18.9. The summed E-state index contributed by atoms with van der Waals surface area (Å²) in [5.74, 6) is -1.91. The first-order valence-electron chi connectivity index (χ1n) is 15.7. The number of pyridine rings is 1. The Kier molecular flexibility index (Phi) is 8.06. The second-order valence-electron chi connectivity index (χ2n) is 12.9. The molecule has 6 aromatic rings. The number of benzene rings is 2. The average molecular weight is 759 g/mol. The predicted molar refractivity (Wildman–Crippen MR) is 183 cm³/mol. The number of hydrogen-bond acceptors (Lipinski definition) is 8. The van der Waals surface area contributed by atoms with Gasteiger partial charge in [0.05, 0.1) is 44.1 Å². The number of aromatic nitrogens is 6. The molecule has 1 unspecified atom stereocenters.